The van der Waals surface area contributed by atoms with Crippen LogP contribution in [0.4, 0.5) is 0 Å². The quantitative estimate of drug-likeness (QED) is 0.601. The van der Waals surface area contributed by atoms with Crippen molar-refractivity contribution in [3.63, 3.8) is 0 Å². The van der Waals surface area contributed by atoms with Crippen molar-refractivity contribution in [3.05, 3.63) is 102 Å². The van der Waals surface area contributed by atoms with Crippen LogP contribution in [0.1, 0.15) is 29.5 Å². The van der Waals surface area contributed by atoms with Crippen molar-refractivity contribution >= 4 is 24.2 Å². The first-order valence-corrected chi connectivity index (χ1v) is 9.85. The third kappa shape index (κ3) is 5.94. The molecule has 0 heterocycles. The molecule has 0 spiro atoms. The summed E-state index contributed by atoms with van der Waals surface area (Å²) in [4.78, 5) is 27.9. The Balaban J connectivity index is 0.00000341. The largest absolute Gasteiger partial charge is 0.497 e. The molecular weight excluding hydrogens is 412 g/mol. The zero-order valence-electron chi connectivity index (χ0n) is 17.6. The van der Waals surface area contributed by atoms with Crippen molar-refractivity contribution in [1.82, 2.24) is 4.90 Å². The number of carbonyl (C=O) groups is 2. The monoisotopic (exact) mass is 438 g/mol. The topological polar surface area (TPSA) is 72.6 Å². The van der Waals surface area contributed by atoms with Gasteiger partial charge in [0.1, 0.15) is 5.75 Å². The summed E-state index contributed by atoms with van der Waals surface area (Å²) >= 11 is 0. The van der Waals surface area contributed by atoms with E-state index >= 15 is 0 Å². The maximum Gasteiger partial charge on any atom is 0.246 e. The van der Waals surface area contributed by atoms with Gasteiger partial charge in [-0.25, -0.2) is 0 Å². The average molecular weight is 439 g/mol. The van der Waals surface area contributed by atoms with Crippen LogP contribution in [-0.4, -0.2) is 29.9 Å². The molecule has 0 fully saturated rings. The number of rotatable bonds is 7. The number of nitrogens with two attached hydrogens (primary N) is 1. The van der Waals surface area contributed by atoms with Gasteiger partial charge in [-0.3, -0.25) is 14.5 Å². The highest BCUT2D eigenvalue weighted by molar-refractivity contribution is 6.01. The summed E-state index contributed by atoms with van der Waals surface area (Å²) in [6.07, 6.45) is 0. The van der Waals surface area contributed by atoms with Crippen LogP contribution in [-0.2, 0) is 16.1 Å². The molecule has 3 rings (SSSR count). The third-order valence-corrected chi connectivity index (χ3v) is 4.93. The summed E-state index contributed by atoms with van der Waals surface area (Å²) in [6, 6.07) is 25.5. The minimum atomic E-state index is -0.792. The number of imide groups is 1. The first kappa shape index (κ1) is 24.1. The Morgan fingerprint density at radius 3 is 1.74 bits per heavy atom. The van der Waals surface area contributed by atoms with Crippen molar-refractivity contribution in [3.8, 4) is 5.75 Å². The SMILES string of the molecule is COc1ccc(CN(C(=O)C(c2ccccc2)c2ccccc2)C(=O)[C@H](C)N)cc1.Cl. The molecule has 6 heteroatoms. The van der Waals surface area contributed by atoms with Crippen molar-refractivity contribution in [2.24, 2.45) is 5.73 Å². The molecule has 0 aliphatic rings. The Kier molecular flexibility index (Phi) is 8.79. The molecule has 0 saturated heterocycles. The van der Waals surface area contributed by atoms with Gasteiger partial charge in [-0.15, -0.1) is 12.4 Å². The number of methoxy groups -OCH3 is 1. The smallest absolute Gasteiger partial charge is 0.246 e. The molecule has 0 saturated carbocycles. The highest BCUT2D eigenvalue weighted by Gasteiger charge is 2.32. The zero-order chi connectivity index (χ0) is 21.5. The molecule has 0 aliphatic heterocycles. The van der Waals surface area contributed by atoms with E-state index in [1.165, 1.54) is 4.90 Å². The molecule has 2 amide bonds. The number of benzene rings is 3. The van der Waals surface area contributed by atoms with E-state index < -0.39 is 17.9 Å². The maximum absolute atomic E-state index is 13.7. The molecular formula is C25H27ClN2O3. The zero-order valence-corrected chi connectivity index (χ0v) is 18.4. The Hall–Kier alpha value is -3.15. The number of nitrogens with zero attached hydrogens (tertiary/aromatic N) is 1. The Morgan fingerprint density at radius 1 is 0.839 bits per heavy atom. The standard InChI is InChI=1S/C25H26N2O3.ClH/c1-18(26)24(28)27(17-19-13-15-22(30-2)16-14-19)25(29)23(20-9-5-3-6-10-20)21-11-7-4-8-12-21;/h3-16,18,23H,17,26H2,1-2H3;1H/t18-;/m0./s1. The van der Waals surface area contributed by atoms with Crippen LogP contribution >= 0.6 is 12.4 Å². The van der Waals surface area contributed by atoms with Gasteiger partial charge in [0.25, 0.3) is 0 Å². The fraction of sp³-hybridized carbons (Fsp3) is 0.200. The fourth-order valence-corrected chi connectivity index (χ4v) is 3.35. The van der Waals surface area contributed by atoms with Crippen LogP contribution < -0.4 is 10.5 Å². The van der Waals surface area contributed by atoms with Gasteiger partial charge >= 0.3 is 0 Å². The lowest BCUT2D eigenvalue weighted by Crippen LogP contribution is -2.47. The minimum Gasteiger partial charge on any atom is -0.497 e. The third-order valence-electron chi connectivity index (χ3n) is 4.93. The summed E-state index contributed by atoms with van der Waals surface area (Å²) in [7, 11) is 1.59. The second kappa shape index (κ2) is 11.3. The molecule has 3 aromatic rings. The van der Waals surface area contributed by atoms with Gasteiger partial charge in [-0.1, -0.05) is 72.8 Å². The van der Waals surface area contributed by atoms with E-state index in [1.807, 2.05) is 72.8 Å². The summed E-state index contributed by atoms with van der Waals surface area (Å²) in [6.45, 7) is 1.73. The van der Waals surface area contributed by atoms with Crippen LogP contribution in [0.5, 0.6) is 5.75 Å². The number of halogens is 1. The molecule has 0 bridgehead atoms. The molecule has 31 heavy (non-hydrogen) atoms. The molecule has 0 unspecified atom stereocenters. The number of carbonyl (C=O) groups excluding carboxylic acids is 2. The van der Waals surface area contributed by atoms with Gasteiger partial charge in [0.15, 0.2) is 0 Å². The van der Waals surface area contributed by atoms with Crippen molar-refractivity contribution in [1.29, 1.82) is 0 Å². The summed E-state index contributed by atoms with van der Waals surface area (Å²) in [5, 5.41) is 0. The first-order chi connectivity index (χ1) is 14.5. The molecule has 1 atom stereocenters. The molecule has 0 aromatic heterocycles. The Bertz CT molecular complexity index is 937. The van der Waals surface area contributed by atoms with E-state index in [2.05, 4.69) is 0 Å². The van der Waals surface area contributed by atoms with Gasteiger partial charge in [-0.2, -0.15) is 0 Å². The highest BCUT2D eigenvalue weighted by Crippen LogP contribution is 2.28. The molecule has 5 nitrogen and oxygen atoms in total. The number of hydrogen-bond donors (Lipinski definition) is 1. The molecule has 162 valence electrons. The summed E-state index contributed by atoms with van der Waals surface area (Å²) in [5.41, 5.74) is 8.36. The van der Waals surface area contributed by atoms with Gasteiger partial charge < -0.3 is 10.5 Å². The number of hydrogen-bond acceptors (Lipinski definition) is 4. The predicted molar refractivity (Wildman–Crippen MR) is 124 cm³/mol. The van der Waals surface area contributed by atoms with E-state index in [1.54, 1.807) is 26.2 Å². The minimum absolute atomic E-state index is 0. The van der Waals surface area contributed by atoms with Crippen LogP contribution in [0, 0.1) is 0 Å². The van der Waals surface area contributed by atoms with Crippen LogP contribution in [0.15, 0.2) is 84.9 Å². The Morgan fingerprint density at radius 2 is 1.32 bits per heavy atom. The van der Waals surface area contributed by atoms with Gasteiger partial charge in [0.05, 0.1) is 25.6 Å². The molecule has 2 N–H and O–H groups in total. The lowest BCUT2D eigenvalue weighted by atomic mass is 9.89. The second-order valence-corrected chi connectivity index (χ2v) is 7.15. The summed E-state index contributed by atoms with van der Waals surface area (Å²) < 4.78 is 5.19. The van der Waals surface area contributed by atoms with Crippen molar-refractivity contribution in [2.75, 3.05) is 7.11 Å². The van der Waals surface area contributed by atoms with E-state index in [0.29, 0.717) is 5.75 Å². The average Bonchev–Trinajstić information content (AvgIpc) is 2.79. The lowest BCUT2D eigenvalue weighted by Gasteiger charge is -2.28. The molecule has 3 aromatic carbocycles. The fourth-order valence-electron chi connectivity index (χ4n) is 3.35. The number of ether oxygens (including phenoxy) is 1. The normalized spacial score (nSPS) is 11.4. The lowest BCUT2D eigenvalue weighted by molar-refractivity contribution is -0.146. The summed E-state index contributed by atoms with van der Waals surface area (Å²) in [5.74, 6) is -0.604. The van der Waals surface area contributed by atoms with Crippen molar-refractivity contribution < 1.29 is 14.3 Å². The maximum atomic E-state index is 13.7. The van der Waals surface area contributed by atoms with Gasteiger partial charge in [-0.05, 0) is 35.7 Å². The molecule has 0 radical (unpaired) electrons. The van der Waals surface area contributed by atoms with Gasteiger partial charge in [0.2, 0.25) is 11.8 Å². The van der Waals surface area contributed by atoms with E-state index in [4.69, 9.17) is 10.5 Å². The predicted octanol–water partition coefficient (Wildman–Crippen LogP) is 4.15. The Labute approximate surface area is 189 Å². The highest BCUT2D eigenvalue weighted by atomic mass is 35.5. The van der Waals surface area contributed by atoms with Crippen LogP contribution in [0.3, 0.4) is 0 Å². The first-order valence-electron chi connectivity index (χ1n) is 9.85. The van der Waals surface area contributed by atoms with Gasteiger partial charge in [0, 0.05) is 0 Å². The second-order valence-electron chi connectivity index (χ2n) is 7.15. The van der Waals surface area contributed by atoms with E-state index in [-0.39, 0.29) is 24.9 Å². The molecule has 0 aliphatic carbocycles. The van der Waals surface area contributed by atoms with E-state index in [9.17, 15) is 9.59 Å². The van der Waals surface area contributed by atoms with Crippen LogP contribution in [0.25, 0.3) is 0 Å². The van der Waals surface area contributed by atoms with E-state index in [0.717, 1.165) is 16.7 Å². The van der Waals surface area contributed by atoms with Crippen LogP contribution in [0.2, 0.25) is 0 Å². The van der Waals surface area contributed by atoms with Crippen molar-refractivity contribution in [2.45, 2.75) is 25.4 Å². The number of amides is 2.